The lowest BCUT2D eigenvalue weighted by molar-refractivity contribution is -0.117. The highest BCUT2D eigenvalue weighted by molar-refractivity contribution is 7.89. The van der Waals surface area contributed by atoms with E-state index < -0.39 is 32.6 Å². The van der Waals surface area contributed by atoms with Crippen LogP contribution in [0, 0.1) is 5.82 Å². The second-order valence-electron chi connectivity index (χ2n) is 5.58. The number of carbonyl (C=O) groups is 2. The first-order chi connectivity index (χ1) is 12.7. The zero-order chi connectivity index (χ0) is 20.0. The van der Waals surface area contributed by atoms with Crippen molar-refractivity contribution in [2.45, 2.75) is 11.3 Å². The molecule has 7 nitrogen and oxygen atoms in total. The van der Waals surface area contributed by atoms with Crippen LogP contribution >= 0.6 is 0 Å². The van der Waals surface area contributed by atoms with Gasteiger partial charge in [-0.3, -0.25) is 9.59 Å². The summed E-state index contributed by atoms with van der Waals surface area (Å²) in [6.07, 6.45) is 1.39. The van der Waals surface area contributed by atoms with Crippen molar-refractivity contribution in [3.8, 4) is 0 Å². The van der Waals surface area contributed by atoms with Gasteiger partial charge in [0.05, 0.1) is 6.42 Å². The Balaban J connectivity index is 2.20. The third-order valence-electron chi connectivity index (χ3n) is 3.49. The molecule has 2 amide bonds. The Morgan fingerprint density at radius 3 is 2.41 bits per heavy atom. The van der Waals surface area contributed by atoms with Crippen molar-refractivity contribution in [3.05, 3.63) is 72.1 Å². The fraction of sp³-hybridized carbons (Fsp3) is 0.111. The molecule has 2 rings (SSSR count). The number of hydrogen-bond acceptors (Lipinski definition) is 4. The van der Waals surface area contributed by atoms with Crippen LogP contribution in [0.25, 0.3) is 0 Å². The van der Waals surface area contributed by atoms with Crippen molar-refractivity contribution < 1.29 is 22.4 Å². The molecule has 142 valence electrons. The zero-order valence-corrected chi connectivity index (χ0v) is 15.1. The predicted molar refractivity (Wildman–Crippen MR) is 99.1 cm³/mol. The molecule has 0 atom stereocenters. The molecule has 9 heteroatoms. The van der Waals surface area contributed by atoms with E-state index in [-0.39, 0.29) is 18.5 Å². The van der Waals surface area contributed by atoms with E-state index in [0.29, 0.717) is 11.3 Å². The van der Waals surface area contributed by atoms with Crippen LogP contribution in [0.15, 0.2) is 60.0 Å². The van der Waals surface area contributed by atoms with E-state index in [9.17, 15) is 22.4 Å². The van der Waals surface area contributed by atoms with Crippen LogP contribution < -0.4 is 15.8 Å². The number of anilines is 1. The molecule has 0 aliphatic carbocycles. The molecule has 0 fully saturated rings. The SMILES string of the molecule is C=CCNS(=O)(=O)c1cc(C(=O)Nc2ccc(CC(N)=O)cc2)ccc1F. The monoisotopic (exact) mass is 391 g/mol. The summed E-state index contributed by atoms with van der Waals surface area (Å²) in [6, 6.07) is 9.44. The molecule has 0 saturated carbocycles. The summed E-state index contributed by atoms with van der Waals surface area (Å²) in [5.74, 6) is -2.06. The minimum Gasteiger partial charge on any atom is -0.369 e. The van der Waals surface area contributed by atoms with E-state index in [2.05, 4.69) is 16.6 Å². The van der Waals surface area contributed by atoms with E-state index in [1.807, 2.05) is 0 Å². The molecule has 4 N–H and O–H groups in total. The van der Waals surface area contributed by atoms with Crippen LogP contribution in [-0.4, -0.2) is 26.8 Å². The summed E-state index contributed by atoms with van der Waals surface area (Å²) in [6.45, 7) is 3.31. The second kappa shape index (κ2) is 8.56. The van der Waals surface area contributed by atoms with Crippen LogP contribution in [0.2, 0.25) is 0 Å². The number of nitrogens with two attached hydrogens (primary N) is 1. The molecular weight excluding hydrogens is 373 g/mol. The lowest BCUT2D eigenvalue weighted by Gasteiger charge is -2.09. The Bertz CT molecular complexity index is 973. The Hall–Kier alpha value is -3.04. The standard InChI is InChI=1S/C18H18FN3O4S/c1-2-9-21-27(25,26)16-11-13(5-8-15(16)19)18(24)22-14-6-3-12(4-7-14)10-17(20)23/h2-8,11,21H,1,9-10H2,(H2,20,23)(H,22,24). The molecule has 0 heterocycles. The van der Waals surface area contributed by atoms with Gasteiger partial charge in [0.25, 0.3) is 5.91 Å². The molecule has 0 aliphatic rings. The highest BCUT2D eigenvalue weighted by atomic mass is 32.2. The largest absolute Gasteiger partial charge is 0.369 e. The smallest absolute Gasteiger partial charge is 0.255 e. The number of nitrogens with one attached hydrogen (secondary N) is 2. The Labute approximate surface area is 156 Å². The van der Waals surface area contributed by atoms with Crippen LogP contribution in [0.3, 0.4) is 0 Å². The molecule has 0 unspecified atom stereocenters. The molecule has 0 radical (unpaired) electrons. The molecule has 27 heavy (non-hydrogen) atoms. The number of amides is 2. The van der Waals surface area contributed by atoms with Gasteiger partial charge in [-0.05, 0) is 35.9 Å². The summed E-state index contributed by atoms with van der Waals surface area (Å²) >= 11 is 0. The number of benzene rings is 2. The summed E-state index contributed by atoms with van der Waals surface area (Å²) in [4.78, 5) is 22.6. The Kier molecular flexibility index (Phi) is 6.43. The molecule has 0 bridgehead atoms. The summed E-state index contributed by atoms with van der Waals surface area (Å²) in [5.41, 5.74) is 6.19. The van der Waals surface area contributed by atoms with Gasteiger partial charge in [0.2, 0.25) is 15.9 Å². The molecule has 2 aromatic carbocycles. The Morgan fingerprint density at radius 1 is 1.15 bits per heavy atom. The second-order valence-corrected chi connectivity index (χ2v) is 7.32. The van der Waals surface area contributed by atoms with Gasteiger partial charge in [-0.1, -0.05) is 18.2 Å². The van der Waals surface area contributed by atoms with Gasteiger partial charge in [-0.25, -0.2) is 17.5 Å². The predicted octanol–water partition coefficient (Wildman–Crippen LogP) is 1.57. The summed E-state index contributed by atoms with van der Waals surface area (Å²) in [7, 11) is -4.12. The normalized spacial score (nSPS) is 11.0. The van der Waals surface area contributed by atoms with Gasteiger partial charge in [0.15, 0.2) is 0 Å². The molecule has 0 saturated heterocycles. The maximum Gasteiger partial charge on any atom is 0.255 e. The maximum absolute atomic E-state index is 13.9. The van der Waals surface area contributed by atoms with E-state index in [0.717, 1.165) is 12.1 Å². The van der Waals surface area contributed by atoms with E-state index in [1.165, 1.54) is 12.1 Å². The fourth-order valence-corrected chi connectivity index (χ4v) is 3.31. The van der Waals surface area contributed by atoms with Crippen LogP contribution in [0.4, 0.5) is 10.1 Å². The molecule has 0 aliphatic heterocycles. The van der Waals surface area contributed by atoms with Gasteiger partial charge in [0, 0.05) is 17.8 Å². The number of carbonyl (C=O) groups excluding carboxylic acids is 2. The third-order valence-corrected chi connectivity index (χ3v) is 4.93. The first-order valence-corrected chi connectivity index (χ1v) is 9.30. The zero-order valence-electron chi connectivity index (χ0n) is 14.2. The Morgan fingerprint density at radius 2 is 1.81 bits per heavy atom. The first-order valence-electron chi connectivity index (χ1n) is 7.81. The molecule has 0 spiro atoms. The minimum atomic E-state index is -4.12. The van der Waals surface area contributed by atoms with Gasteiger partial charge in [0.1, 0.15) is 10.7 Å². The number of rotatable bonds is 8. The number of primary amides is 1. The fourth-order valence-electron chi connectivity index (χ4n) is 2.21. The van der Waals surface area contributed by atoms with Crippen molar-refractivity contribution in [2.75, 3.05) is 11.9 Å². The molecular formula is C18H18FN3O4S. The highest BCUT2D eigenvalue weighted by Crippen LogP contribution is 2.18. The third kappa shape index (κ3) is 5.47. The van der Waals surface area contributed by atoms with Gasteiger partial charge in [-0.15, -0.1) is 6.58 Å². The van der Waals surface area contributed by atoms with Gasteiger partial charge < -0.3 is 11.1 Å². The lowest BCUT2D eigenvalue weighted by atomic mass is 10.1. The minimum absolute atomic E-state index is 0.0309. The quantitative estimate of drug-likeness (QED) is 0.592. The van der Waals surface area contributed by atoms with E-state index in [1.54, 1.807) is 24.3 Å². The van der Waals surface area contributed by atoms with Crippen molar-refractivity contribution in [1.29, 1.82) is 0 Å². The average Bonchev–Trinajstić information content (AvgIpc) is 2.61. The van der Waals surface area contributed by atoms with Crippen molar-refractivity contribution in [3.63, 3.8) is 0 Å². The average molecular weight is 391 g/mol. The number of sulfonamides is 1. The van der Waals surface area contributed by atoms with E-state index in [4.69, 9.17) is 5.73 Å². The first kappa shape index (κ1) is 20.3. The number of hydrogen-bond donors (Lipinski definition) is 3. The van der Waals surface area contributed by atoms with Crippen molar-refractivity contribution >= 4 is 27.5 Å². The van der Waals surface area contributed by atoms with Crippen LogP contribution in [0.1, 0.15) is 15.9 Å². The molecule has 0 aromatic heterocycles. The lowest BCUT2D eigenvalue weighted by Crippen LogP contribution is -2.25. The highest BCUT2D eigenvalue weighted by Gasteiger charge is 2.20. The number of halogens is 1. The topological polar surface area (TPSA) is 118 Å². The maximum atomic E-state index is 13.9. The van der Waals surface area contributed by atoms with Gasteiger partial charge >= 0.3 is 0 Å². The van der Waals surface area contributed by atoms with Gasteiger partial charge in [-0.2, -0.15) is 0 Å². The van der Waals surface area contributed by atoms with Crippen molar-refractivity contribution in [2.24, 2.45) is 5.73 Å². The van der Waals surface area contributed by atoms with Crippen LogP contribution in [0.5, 0.6) is 0 Å². The molecule has 2 aromatic rings. The summed E-state index contributed by atoms with van der Waals surface area (Å²) in [5, 5.41) is 2.57. The van der Waals surface area contributed by atoms with Crippen molar-refractivity contribution in [1.82, 2.24) is 4.72 Å². The van der Waals surface area contributed by atoms with Crippen LogP contribution in [-0.2, 0) is 21.2 Å². The van der Waals surface area contributed by atoms with E-state index >= 15 is 0 Å². The summed E-state index contributed by atoms with van der Waals surface area (Å²) < 4.78 is 40.3.